The smallest absolute Gasteiger partial charge is 0.378 e. The van der Waals surface area contributed by atoms with Crippen molar-refractivity contribution in [2.75, 3.05) is 4.72 Å². The molecule has 2 aromatic carbocycles. The van der Waals surface area contributed by atoms with Crippen molar-refractivity contribution in [2.24, 2.45) is 14.1 Å². The molecule has 0 aliphatic heterocycles. The van der Waals surface area contributed by atoms with Crippen LogP contribution in [-0.2, 0) is 60.4 Å². The normalized spacial score (nSPS) is 14.1. The Morgan fingerprint density at radius 1 is 1.02 bits per heavy atom. The van der Waals surface area contributed by atoms with Gasteiger partial charge >= 0.3 is 6.18 Å². The molecule has 1 aliphatic rings. The molecule has 4 heterocycles. The molecule has 13 nitrogen and oxygen atoms in total. The van der Waals surface area contributed by atoms with Gasteiger partial charge in [-0.05, 0) is 68.5 Å². The zero-order chi connectivity index (χ0) is 45.5. The number of fused-ring (bicyclic) bond motifs is 2. The lowest BCUT2D eigenvalue weighted by atomic mass is 9.93. The highest BCUT2D eigenvalue weighted by atomic mass is 32.2. The van der Waals surface area contributed by atoms with Gasteiger partial charge in [-0.3, -0.25) is 23.6 Å². The molecule has 4 aromatic heterocycles. The van der Waals surface area contributed by atoms with Gasteiger partial charge < -0.3 is 10.4 Å². The van der Waals surface area contributed by atoms with E-state index in [9.17, 15) is 40.3 Å². The number of hydrogen-bond acceptors (Lipinski definition) is 8. The first kappa shape index (κ1) is 45.3. The highest BCUT2D eigenvalue weighted by molar-refractivity contribution is 7.92. The van der Waals surface area contributed by atoms with E-state index in [0.29, 0.717) is 27.2 Å². The first-order valence-electron chi connectivity index (χ1n) is 19.0. The van der Waals surface area contributed by atoms with Gasteiger partial charge in [0.2, 0.25) is 5.91 Å². The Balaban J connectivity index is 0.00000316. The van der Waals surface area contributed by atoms with Crippen LogP contribution >= 0.6 is 0 Å². The van der Waals surface area contributed by atoms with Crippen LogP contribution in [0, 0.1) is 23.5 Å². The number of sulfonamides is 1. The van der Waals surface area contributed by atoms with Crippen molar-refractivity contribution in [2.45, 2.75) is 82.1 Å². The Hall–Kier alpha value is -6.27. The van der Waals surface area contributed by atoms with Gasteiger partial charge in [0.25, 0.3) is 15.9 Å². The Morgan fingerprint density at radius 3 is 2.34 bits per heavy atom. The van der Waals surface area contributed by atoms with Crippen LogP contribution in [0.4, 0.5) is 36.6 Å². The highest BCUT2D eigenvalue weighted by Gasteiger charge is 2.50. The fourth-order valence-electron chi connectivity index (χ4n) is 7.05. The molecular weight excluding hydrogens is 848 g/mol. The van der Waals surface area contributed by atoms with Crippen LogP contribution in [0.25, 0.3) is 22.0 Å². The molecule has 3 N–H and O–H groups in total. The summed E-state index contributed by atoms with van der Waals surface area (Å²) in [6.45, 7) is 5.73. The van der Waals surface area contributed by atoms with Crippen LogP contribution in [0.3, 0.4) is 0 Å². The highest BCUT2D eigenvalue weighted by Crippen LogP contribution is 2.46. The number of anilines is 1. The van der Waals surface area contributed by atoms with Crippen LogP contribution in [0.15, 0.2) is 65.8 Å². The third-order valence-corrected chi connectivity index (χ3v) is 10.8. The second-order valence-electron chi connectivity index (χ2n) is 14.7. The number of carbonyl (C=O) groups excluding carboxylic acids is 1. The minimum absolute atomic E-state index is 0.00441. The van der Waals surface area contributed by atoms with Crippen LogP contribution < -0.4 is 10.0 Å². The summed E-state index contributed by atoms with van der Waals surface area (Å²) in [5.74, 6) is -1.48. The van der Waals surface area contributed by atoms with E-state index < -0.39 is 94.1 Å². The van der Waals surface area contributed by atoms with E-state index in [1.807, 2.05) is 13.8 Å². The number of aromatic nitrogens is 7. The maximum Gasteiger partial charge on any atom is 0.435 e. The fraction of sp³-hybridized carbons (Fsp3) is 0.341. The van der Waals surface area contributed by atoms with Crippen LogP contribution in [0.2, 0.25) is 0 Å². The van der Waals surface area contributed by atoms with Crippen LogP contribution in [0.1, 0.15) is 74.1 Å². The zero-order valence-corrected chi connectivity index (χ0v) is 34.9. The van der Waals surface area contributed by atoms with Crippen molar-refractivity contribution in [3.05, 3.63) is 106 Å². The van der Waals surface area contributed by atoms with Gasteiger partial charge in [-0.2, -0.15) is 37.2 Å². The van der Waals surface area contributed by atoms with Crippen LogP contribution in [-0.4, -0.2) is 59.4 Å². The lowest BCUT2D eigenvalue weighted by Gasteiger charge is -2.23. The number of benzene rings is 2. The SMILES string of the molecule is CC.Cn1cc(S(=O)(=O)Nc2nn(C)c3c(-c4ccc(C#CC(C)(C)O)nc4[C@H](Cc4cc(F)cc(F)c4)NC(=O)Cn4nc(C(F)(F)F)c5c4C(F)(F)CC5)cccc23)cn1. The molecule has 0 bridgehead atoms. The third-order valence-electron chi connectivity index (χ3n) is 9.47. The molecule has 0 saturated heterocycles. The molecule has 62 heavy (non-hydrogen) atoms. The van der Waals surface area contributed by atoms with Gasteiger partial charge in [0, 0.05) is 54.9 Å². The lowest BCUT2D eigenvalue weighted by molar-refractivity contribution is -0.142. The van der Waals surface area contributed by atoms with E-state index in [4.69, 9.17) is 0 Å². The lowest BCUT2D eigenvalue weighted by Crippen LogP contribution is -2.35. The average molecular weight is 888 g/mol. The van der Waals surface area contributed by atoms with Crippen molar-refractivity contribution in [3.8, 4) is 23.0 Å². The topological polar surface area (TPSA) is 162 Å². The second kappa shape index (κ2) is 16.9. The van der Waals surface area contributed by atoms with Gasteiger partial charge in [-0.1, -0.05) is 31.9 Å². The monoisotopic (exact) mass is 887 g/mol. The summed E-state index contributed by atoms with van der Waals surface area (Å²) in [6, 6.07) is 9.01. The molecule has 21 heteroatoms. The van der Waals surface area contributed by atoms with Gasteiger partial charge in [0.15, 0.2) is 11.5 Å². The van der Waals surface area contributed by atoms with Crippen LogP contribution in [0.5, 0.6) is 0 Å². The third kappa shape index (κ3) is 9.60. The molecule has 1 aliphatic carbocycles. The summed E-state index contributed by atoms with van der Waals surface area (Å²) in [7, 11) is -1.10. The number of nitrogens with zero attached hydrogens (tertiary/aromatic N) is 7. The van der Waals surface area contributed by atoms with Gasteiger partial charge in [-0.15, -0.1) is 0 Å². The van der Waals surface area contributed by atoms with Crippen molar-refractivity contribution >= 4 is 32.7 Å². The Labute approximate surface area is 351 Å². The number of aliphatic hydroxyl groups is 1. The first-order valence-corrected chi connectivity index (χ1v) is 20.5. The standard InChI is InChI=1S/C39H34F7N9O4S.C2H6/c1-37(2,57)12-10-24-8-9-26(27-6-5-7-28-33(27)54(4)51-36(28)52-60(58,59)25-18-47-53(3)19-25)32(48-24)30(16-21-14-22(40)17-23(41)15-21)49-31(56)20-55-35-29(11-13-38(35,42)43)34(50-55)39(44,45)46;1-2/h5-9,14-15,17-19,30,57H,11,13,16,20H2,1-4H3,(H,49,56)(H,51,52);1-2H3/t30-;/m0./s1. The number of halogens is 7. The van der Waals surface area contributed by atoms with E-state index in [0.717, 1.165) is 18.3 Å². The maximum absolute atomic E-state index is 15.0. The number of pyridine rings is 1. The minimum atomic E-state index is -5.09. The number of hydrogen-bond donors (Lipinski definition) is 3. The Kier molecular flexibility index (Phi) is 12.3. The average Bonchev–Trinajstić information content (AvgIpc) is 3.94. The maximum atomic E-state index is 15.0. The summed E-state index contributed by atoms with van der Waals surface area (Å²) in [4.78, 5) is 18.4. The molecule has 0 fully saturated rings. The number of alkyl halides is 5. The van der Waals surface area contributed by atoms with E-state index in [1.165, 1.54) is 42.5 Å². The van der Waals surface area contributed by atoms with Gasteiger partial charge in [-0.25, -0.2) is 22.2 Å². The molecule has 0 spiro atoms. The summed E-state index contributed by atoms with van der Waals surface area (Å²) in [5.41, 5.74) is -3.84. The minimum Gasteiger partial charge on any atom is -0.378 e. The summed E-state index contributed by atoms with van der Waals surface area (Å²) < 4.78 is 133. The zero-order valence-electron chi connectivity index (χ0n) is 34.0. The number of rotatable bonds is 10. The van der Waals surface area contributed by atoms with Gasteiger partial charge in [0.05, 0.1) is 23.4 Å². The number of amides is 1. The molecule has 328 valence electrons. The quantitative estimate of drug-likeness (QED) is 0.0984. The fourth-order valence-corrected chi connectivity index (χ4v) is 8.05. The molecule has 7 rings (SSSR count). The van der Waals surface area contributed by atoms with Crippen molar-refractivity contribution in [3.63, 3.8) is 0 Å². The van der Waals surface area contributed by atoms with E-state index in [-0.39, 0.29) is 33.2 Å². The van der Waals surface area contributed by atoms with Crippen molar-refractivity contribution in [1.29, 1.82) is 0 Å². The second-order valence-corrected chi connectivity index (χ2v) is 16.4. The molecule has 6 aromatic rings. The Bertz CT molecular complexity index is 2830. The van der Waals surface area contributed by atoms with E-state index in [2.05, 4.69) is 42.2 Å². The summed E-state index contributed by atoms with van der Waals surface area (Å²) >= 11 is 0. The number of para-hydroxylation sites is 1. The molecule has 0 saturated carbocycles. The summed E-state index contributed by atoms with van der Waals surface area (Å²) in [5, 5.41) is 24.9. The molecule has 0 radical (unpaired) electrons. The predicted octanol–water partition coefficient (Wildman–Crippen LogP) is 6.95. The van der Waals surface area contributed by atoms with E-state index in [1.54, 1.807) is 31.3 Å². The Morgan fingerprint density at radius 2 is 1.71 bits per heavy atom. The first-order chi connectivity index (χ1) is 29.0. The van der Waals surface area contributed by atoms with Crippen molar-refractivity contribution in [1.82, 2.24) is 39.6 Å². The largest absolute Gasteiger partial charge is 0.435 e. The predicted molar refractivity (Wildman–Crippen MR) is 213 cm³/mol. The number of carbonyl (C=O) groups is 1. The number of aryl methyl sites for hydroxylation is 2. The number of nitrogens with one attached hydrogen (secondary N) is 2. The molecule has 0 unspecified atom stereocenters. The van der Waals surface area contributed by atoms with Crippen molar-refractivity contribution < 1.29 is 49.1 Å². The van der Waals surface area contributed by atoms with Gasteiger partial charge in [0.1, 0.15) is 40.1 Å². The summed E-state index contributed by atoms with van der Waals surface area (Å²) in [6.07, 6.45) is -4.59. The molecule has 1 atom stereocenters. The molecular formula is C41H40F7N9O4S. The molecule has 1 amide bonds. The van der Waals surface area contributed by atoms with E-state index >= 15 is 8.78 Å².